The van der Waals surface area contributed by atoms with Crippen LogP contribution in [-0.4, -0.2) is 10.9 Å². The van der Waals surface area contributed by atoms with E-state index in [4.69, 9.17) is 11.6 Å². The van der Waals surface area contributed by atoms with Crippen LogP contribution in [0.2, 0.25) is 5.02 Å². The highest BCUT2D eigenvalue weighted by Gasteiger charge is 2.13. The van der Waals surface area contributed by atoms with Crippen LogP contribution in [0.1, 0.15) is 46.6 Å². The SMILES string of the molecule is C=C(/C=C\C(C)=C/C)NC1=NC=C(/C=C(\C)c2c(O)cccc2Cl)C(C)=C(C)C1. The van der Waals surface area contributed by atoms with Crippen LogP contribution in [0.4, 0.5) is 0 Å². The Balaban J connectivity index is 2.32. The van der Waals surface area contributed by atoms with Crippen molar-refractivity contribution >= 4 is 23.0 Å². The van der Waals surface area contributed by atoms with Crippen LogP contribution < -0.4 is 5.32 Å². The highest BCUT2D eigenvalue weighted by molar-refractivity contribution is 6.32. The fourth-order valence-corrected chi connectivity index (χ4v) is 3.22. The summed E-state index contributed by atoms with van der Waals surface area (Å²) in [4.78, 5) is 4.64. The minimum absolute atomic E-state index is 0.171. The summed E-state index contributed by atoms with van der Waals surface area (Å²) < 4.78 is 0. The number of phenolic OH excluding ortho intramolecular Hbond substituents is 1. The molecule has 2 N–H and O–H groups in total. The molecule has 0 atom stereocenters. The molecule has 0 aromatic heterocycles. The van der Waals surface area contributed by atoms with Crippen molar-refractivity contribution in [1.29, 1.82) is 0 Å². The lowest BCUT2D eigenvalue weighted by Gasteiger charge is -2.11. The Kier molecular flexibility index (Phi) is 7.86. The number of nitrogens with zero attached hydrogens (tertiary/aromatic N) is 1. The first-order chi connectivity index (χ1) is 13.7. The molecule has 0 spiro atoms. The number of hydrogen-bond donors (Lipinski definition) is 2. The number of benzene rings is 1. The molecule has 0 radical (unpaired) electrons. The second-order valence-corrected chi connectivity index (χ2v) is 7.63. The van der Waals surface area contributed by atoms with E-state index in [1.807, 2.05) is 51.3 Å². The molecule has 0 saturated heterocycles. The van der Waals surface area contributed by atoms with Crippen LogP contribution in [0.5, 0.6) is 5.75 Å². The van der Waals surface area contributed by atoms with Gasteiger partial charge in [0.05, 0.1) is 5.02 Å². The second kappa shape index (κ2) is 10.1. The number of nitrogens with one attached hydrogen (secondary N) is 1. The van der Waals surface area contributed by atoms with Crippen molar-refractivity contribution in [2.75, 3.05) is 0 Å². The van der Waals surface area contributed by atoms with Gasteiger partial charge in [0.15, 0.2) is 0 Å². The number of amidine groups is 1. The Morgan fingerprint density at radius 3 is 2.62 bits per heavy atom. The Labute approximate surface area is 179 Å². The Bertz CT molecular complexity index is 968. The van der Waals surface area contributed by atoms with E-state index in [2.05, 4.69) is 30.7 Å². The van der Waals surface area contributed by atoms with Crippen LogP contribution in [0.15, 0.2) is 88.3 Å². The molecule has 0 unspecified atom stereocenters. The van der Waals surface area contributed by atoms with Crippen molar-refractivity contribution < 1.29 is 5.11 Å². The van der Waals surface area contributed by atoms with E-state index in [1.54, 1.807) is 18.2 Å². The number of hydrogen-bond acceptors (Lipinski definition) is 3. The van der Waals surface area contributed by atoms with Gasteiger partial charge in [0.25, 0.3) is 0 Å². The third-order valence-electron chi connectivity index (χ3n) is 4.93. The van der Waals surface area contributed by atoms with E-state index in [1.165, 1.54) is 11.1 Å². The van der Waals surface area contributed by atoms with Crippen molar-refractivity contribution in [1.82, 2.24) is 5.32 Å². The topological polar surface area (TPSA) is 44.6 Å². The normalized spacial score (nSPS) is 15.9. The first-order valence-electron chi connectivity index (χ1n) is 9.59. The Hall–Kier alpha value is -2.78. The average molecular weight is 409 g/mol. The van der Waals surface area contributed by atoms with Crippen LogP contribution in [-0.2, 0) is 0 Å². The largest absolute Gasteiger partial charge is 0.507 e. The number of aliphatic imine (C=N–C) groups is 1. The predicted octanol–water partition coefficient (Wildman–Crippen LogP) is 7.10. The van der Waals surface area contributed by atoms with Crippen molar-refractivity contribution in [3.8, 4) is 5.75 Å². The maximum atomic E-state index is 10.2. The molecule has 3 nitrogen and oxygen atoms in total. The summed E-state index contributed by atoms with van der Waals surface area (Å²) in [7, 11) is 0. The van der Waals surface area contributed by atoms with Gasteiger partial charge < -0.3 is 10.4 Å². The number of phenols is 1. The minimum atomic E-state index is 0.171. The first kappa shape index (κ1) is 22.5. The number of aromatic hydroxyl groups is 1. The monoisotopic (exact) mass is 408 g/mol. The molecule has 1 aliphatic heterocycles. The van der Waals surface area contributed by atoms with Gasteiger partial charge in [-0.15, -0.1) is 0 Å². The molecule has 0 saturated carbocycles. The zero-order valence-electron chi connectivity index (χ0n) is 17.8. The number of halogens is 1. The predicted molar refractivity (Wildman–Crippen MR) is 126 cm³/mol. The van der Waals surface area contributed by atoms with Gasteiger partial charge >= 0.3 is 0 Å². The van der Waals surface area contributed by atoms with Gasteiger partial charge in [-0.05, 0) is 75.6 Å². The van der Waals surface area contributed by atoms with Crippen LogP contribution in [0, 0.1) is 0 Å². The highest BCUT2D eigenvalue weighted by atomic mass is 35.5. The molecule has 1 aromatic carbocycles. The lowest BCUT2D eigenvalue weighted by Crippen LogP contribution is -2.21. The second-order valence-electron chi connectivity index (χ2n) is 7.22. The van der Waals surface area contributed by atoms with Gasteiger partial charge in [-0.25, -0.2) is 4.99 Å². The van der Waals surface area contributed by atoms with Gasteiger partial charge in [-0.2, -0.15) is 0 Å². The molecule has 0 fully saturated rings. The summed E-state index contributed by atoms with van der Waals surface area (Å²) in [5.74, 6) is 1.01. The van der Waals surface area contributed by atoms with Crippen molar-refractivity contribution in [3.63, 3.8) is 0 Å². The van der Waals surface area contributed by atoms with E-state index in [9.17, 15) is 5.11 Å². The maximum absolute atomic E-state index is 10.2. The summed E-state index contributed by atoms with van der Waals surface area (Å²) in [6.45, 7) is 14.2. The fraction of sp³-hybridized carbons (Fsp3) is 0.240. The highest BCUT2D eigenvalue weighted by Crippen LogP contribution is 2.34. The zero-order chi connectivity index (χ0) is 21.6. The van der Waals surface area contributed by atoms with E-state index in [0.29, 0.717) is 17.0 Å². The minimum Gasteiger partial charge on any atom is -0.507 e. The molecule has 152 valence electrons. The standard InChI is InChI=1S/C25H29ClN2O/c1-7-16(2)11-12-19(5)28-24-14-17(3)20(6)21(15-27-24)13-18(4)25-22(26)9-8-10-23(25)29/h7-13,15,29H,5,14H2,1-4,6H3,(H,27,28)/b12-11-,16-7-,18-13+. The first-order valence-corrected chi connectivity index (χ1v) is 9.97. The molecule has 0 bridgehead atoms. The van der Waals surface area contributed by atoms with Gasteiger partial charge in [-0.3, -0.25) is 0 Å². The molecule has 0 amide bonds. The lowest BCUT2D eigenvalue weighted by molar-refractivity contribution is 0.473. The fourth-order valence-electron chi connectivity index (χ4n) is 2.91. The molecule has 4 heteroatoms. The molecular weight excluding hydrogens is 380 g/mol. The van der Waals surface area contributed by atoms with Gasteiger partial charge in [0.2, 0.25) is 0 Å². The average Bonchev–Trinajstić information content (AvgIpc) is 2.79. The summed E-state index contributed by atoms with van der Waals surface area (Å²) in [5, 5.41) is 14.0. The third-order valence-corrected chi connectivity index (χ3v) is 5.25. The molecule has 29 heavy (non-hydrogen) atoms. The zero-order valence-corrected chi connectivity index (χ0v) is 18.6. The summed E-state index contributed by atoms with van der Waals surface area (Å²) in [5.41, 5.74) is 6.85. The van der Waals surface area contributed by atoms with Gasteiger partial charge in [0.1, 0.15) is 11.6 Å². The van der Waals surface area contributed by atoms with E-state index >= 15 is 0 Å². The summed E-state index contributed by atoms with van der Waals surface area (Å²) >= 11 is 6.29. The van der Waals surface area contributed by atoms with Crippen molar-refractivity contribution in [3.05, 3.63) is 93.9 Å². The van der Waals surface area contributed by atoms with Crippen molar-refractivity contribution in [2.24, 2.45) is 4.99 Å². The smallest absolute Gasteiger partial charge is 0.124 e. The number of allylic oxidation sites excluding steroid dienone is 8. The Morgan fingerprint density at radius 1 is 1.24 bits per heavy atom. The quantitative estimate of drug-likeness (QED) is 0.510. The molecule has 1 aliphatic rings. The maximum Gasteiger partial charge on any atom is 0.124 e. The van der Waals surface area contributed by atoms with E-state index < -0.39 is 0 Å². The molecule has 1 aromatic rings. The third kappa shape index (κ3) is 6.10. The van der Waals surface area contributed by atoms with Gasteiger partial charge in [-0.1, -0.05) is 47.5 Å². The molecule has 1 heterocycles. The molecular formula is C25H29ClN2O. The lowest BCUT2D eigenvalue weighted by atomic mass is 9.97. The number of rotatable bonds is 5. The molecule has 2 rings (SSSR count). The van der Waals surface area contributed by atoms with E-state index in [0.717, 1.165) is 28.3 Å². The summed E-state index contributed by atoms with van der Waals surface area (Å²) in [6, 6.07) is 5.15. The van der Waals surface area contributed by atoms with Crippen LogP contribution in [0.3, 0.4) is 0 Å². The van der Waals surface area contributed by atoms with Crippen molar-refractivity contribution in [2.45, 2.75) is 41.0 Å². The summed E-state index contributed by atoms with van der Waals surface area (Å²) in [6.07, 6.45) is 10.6. The Morgan fingerprint density at radius 2 is 1.97 bits per heavy atom. The van der Waals surface area contributed by atoms with Gasteiger partial charge in [0, 0.05) is 23.9 Å². The molecule has 0 aliphatic carbocycles. The van der Waals surface area contributed by atoms with E-state index in [-0.39, 0.29) is 5.75 Å². The van der Waals surface area contributed by atoms with Crippen LogP contribution >= 0.6 is 11.6 Å². The van der Waals surface area contributed by atoms with Crippen LogP contribution in [0.25, 0.3) is 5.57 Å².